The summed E-state index contributed by atoms with van der Waals surface area (Å²) in [6, 6.07) is 4.72. The third-order valence-electron chi connectivity index (χ3n) is 4.60. The van der Waals surface area contributed by atoms with Crippen molar-refractivity contribution in [2.75, 3.05) is 6.54 Å². The zero-order valence-corrected chi connectivity index (χ0v) is 12.7. The minimum absolute atomic E-state index is 0.419. The van der Waals surface area contributed by atoms with Crippen LogP contribution in [0.3, 0.4) is 0 Å². The molecule has 0 spiro atoms. The van der Waals surface area contributed by atoms with Gasteiger partial charge in [0.05, 0.1) is 19.3 Å². The molecule has 2 bridgehead atoms. The Hall–Kier alpha value is -1.30. The first-order chi connectivity index (χ1) is 10.4. The number of piperidine rings is 1. The number of likely N-dealkylation sites (tertiary alicyclic amines) is 1. The minimum Gasteiger partial charge on any atom is -0.373 e. The fraction of sp³-hybridized carbons (Fsp3) is 0.500. The number of hydrogen-bond acceptors (Lipinski definition) is 5. The summed E-state index contributed by atoms with van der Waals surface area (Å²) in [6.07, 6.45) is 8.45. The Bertz CT molecular complexity index is 574. The fourth-order valence-electron chi connectivity index (χ4n) is 3.59. The molecule has 1 saturated heterocycles. The molecule has 0 radical (unpaired) electrons. The van der Waals surface area contributed by atoms with E-state index < -0.39 is 0 Å². The molecule has 2 aliphatic rings. The third-order valence-corrected chi connectivity index (χ3v) is 5.36. The lowest BCUT2D eigenvalue weighted by Gasteiger charge is -2.30. The zero-order valence-electron chi connectivity index (χ0n) is 11.9. The lowest BCUT2D eigenvalue weighted by Crippen LogP contribution is -2.38. The van der Waals surface area contributed by atoms with Gasteiger partial charge in [0.15, 0.2) is 0 Å². The van der Waals surface area contributed by atoms with Crippen LogP contribution in [-0.4, -0.2) is 33.6 Å². The summed E-state index contributed by atoms with van der Waals surface area (Å²) < 4.78 is 6.13. The molecular weight excluding hydrogens is 282 g/mol. The molecule has 4 rings (SSSR count). The number of hydrogen-bond donors (Lipinski definition) is 0. The largest absolute Gasteiger partial charge is 0.373 e. The first-order valence-electron chi connectivity index (χ1n) is 7.51. The van der Waals surface area contributed by atoms with Crippen LogP contribution in [0.25, 0.3) is 0 Å². The molecule has 5 heteroatoms. The SMILES string of the molecule is c1cncc(CO[C@@H]2C[C@H]3C[C@H]2CN3Cc2nccs2)c1. The average molecular weight is 301 g/mol. The second-order valence-corrected chi connectivity index (χ2v) is 6.93. The second-order valence-electron chi connectivity index (χ2n) is 5.95. The molecule has 2 aromatic rings. The standard InChI is InChI=1S/C16H19N3OS/c1-2-12(8-17-3-1)11-20-15-7-14-6-13(15)9-19(14)10-16-18-4-5-21-16/h1-5,8,13-15H,6-7,9-11H2/t13-,14+,15+/m0/s1. The van der Waals surface area contributed by atoms with Crippen molar-refractivity contribution in [3.63, 3.8) is 0 Å². The Morgan fingerprint density at radius 1 is 1.33 bits per heavy atom. The van der Waals surface area contributed by atoms with Gasteiger partial charge in [-0.2, -0.15) is 0 Å². The van der Waals surface area contributed by atoms with Crippen LogP contribution in [0.5, 0.6) is 0 Å². The maximum atomic E-state index is 6.13. The van der Waals surface area contributed by atoms with Crippen LogP contribution < -0.4 is 0 Å². The van der Waals surface area contributed by atoms with Gasteiger partial charge in [0.25, 0.3) is 0 Å². The Morgan fingerprint density at radius 2 is 2.33 bits per heavy atom. The third kappa shape index (κ3) is 2.86. The smallest absolute Gasteiger partial charge is 0.107 e. The highest BCUT2D eigenvalue weighted by atomic mass is 32.1. The van der Waals surface area contributed by atoms with Gasteiger partial charge in [-0.05, 0) is 30.4 Å². The molecule has 21 heavy (non-hydrogen) atoms. The van der Waals surface area contributed by atoms with Crippen molar-refractivity contribution in [1.29, 1.82) is 0 Å². The molecule has 4 nitrogen and oxygen atoms in total. The summed E-state index contributed by atoms with van der Waals surface area (Å²) in [4.78, 5) is 11.1. The maximum absolute atomic E-state index is 6.13. The first-order valence-corrected chi connectivity index (χ1v) is 8.39. The summed E-state index contributed by atoms with van der Waals surface area (Å²) in [5, 5.41) is 3.29. The molecule has 0 amide bonds. The summed E-state index contributed by atoms with van der Waals surface area (Å²) >= 11 is 1.75. The Kier molecular flexibility index (Phi) is 3.71. The molecule has 2 fully saturated rings. The molecule has 1 aliphatic heterocycles. The molecule has 0 unspecified atom stereocenters. The van der Waals surface area contributed by atoms with Gasteiger partial charge >= 0.3 is 0 Å². The van der Waals surface area contributed by atoms with E-state index in [1.807, 2.05) is 18.5 Å². The molecular formula is C16H19N3OS. The topological polar surface area (TPSA) is 38.2 Å². The van der Waals surface area contributed by atoms with Crippen molar-refractivity contribution < 1.29 is 4.74 Å². The Balaban J connectivity index is 1.30. The van der Waals surface area contributed by atoms with Crippen molar-refractivity contribution in [2.24, 2.45) is 5.92 Å². The van der Waals surface area contributed by atoms with Crippen LogP contribution in [0, 0.1) is 5.92 Å². The quantitative estimate of drug-likeness (QED) is 0.851. The minimum atomic E-state index is 0.419. The van der Waals surface area contributed by atoms with Crippen molar-refractivity contribution in [1.82, 2.24) is 14.9 Å². The molecule has 1 aliphatic carbocycles. The summed E-state index contributed by atoms with van der Waals surface area (Å²) in [5.74, 6) is 0.687. The molecule has 1 saturated carbocycles. The van der Waals surface area contributed by atoms with E-state index >= 15 is 0 Å². The van der Waals surface area contributed by atoms with Crippen LogP contribution in [0.4, 0.5) is 0 Å². The number of ether oxygens (including phenoxy) is 1. The summed E-state index contributed by atoms with van der Waals surface area (Å²) in [5.41, 5.74) is 1.17. The van der Waals surface area contributed by atoms with Gasteiger partial charge in [0.1, 0.15) is 5.01 Å². The molecule has 0 aromatic carbocycles. The lowest BCUT2D eigenvalue weighted by atomic mass is 10.1. The van der Waals surface area contributed by atoms with Crippen molar-refractivity contribution in [3.05, 3.63) is 46.7 Å². The number of nitrogens with zero attached hydrogens (tertiary/aromatic N) is 3. The van der Waals surface area contributed by atoms with E-state index in [9.17, 15) is 0 Å². The maximum Gasteiger partial charge on any atom is 0.107 e. The molecule has 110 valence electrons. The van der Waals surface area contributed by atoms with Gasteiger partial charge in [0, 0.05) is 36.6 Å². The van der Waals surface area contributed by atoms with Gasteiger partial charge in [0.2, 0.25) is 0 Å². The van der Waals surface area contributed by atoms with Gasteiger partial charge in [-0.15, -0.1) is 11.3 Å². The highest BCUT2D eigenvalue weighted by Crippen LogP contribution is 2.40. The van der Waals surface area contributed by atoms with Crippen LogP contribution >= 0.6 is 11.3 Å². The molecule has 0 N–H and O–H groups in total. The van der Waals surface area contributed by atoms with E-state index in [0.717, 1.165) is 19.5 Å². The summed E-state index contributed by atoms with van der Waals surface area (Å²) in [6.45, 7) is 2.85. The summed E-state index contributed by atoms with van der Waals surface area (Å²) in [7, 11) is 0. The normalized spacial score (nSPS) is 28.3. The predicted molar refractivity (Wildman–Crippen MR) is 81.9 cm³/mol. The highest BCUT2D eigenvalue weighted by Gasteiger charge is 2.45. The number of fused-ring (bicyclic) bond motifs is 2. The Labute approximate surface area is 128 Å². The van der Waals surface area contributed by atoms with E-state index in [4.69, 9.17) is 4.74 Å². The predicted octanol–water partition coefficient (Wildman–Crippen LogP) is 2.72. The first kappa shape index (κ1) is 13.4. The van der Waals surface area contributed by atoms with Crippen LogP contribution in [0.15, 0.2) is 36.1 Å². The number of pyridine rings is 1. The van der Waals surface area contributed by atoms with E-state index in [-0.39, 0.29) is 0 Å². The van der Waals surface area contributed by atoms with Gasteiger partial charge in [-0.25, -0.2) is 4.98 Å². The Morgan fingerprint density at radius 3 is 3.05 bits per heavy atom. The van der Waals surface area contributed by atoms with E-state index in [1.165, 1.54) is 17.0 Å². The van der Waals surface area contributed by atoms with Crippen molar-refractivity contribution in [3.8, 4) is 0 Å². The molecule has 2 aromatic heterocycles. The fourth-order valence-corrected chi connectivity index (χ4v) is 4.23. The highest BCUT2D eigenvalue weighted by molar-refractivity contribution is 7.09. The lowest BCUT2D eigenvalue weighted by molar-refractivity contribution is -0.0117. The van der Waals surface area contributed by atoms with Crippen LogP contribution in [-0.2, 0) is 17.9 Å². The van der Waals surface area contributed by atoms with E-state index in [1.54, 1.807) is 17.5 Å². The zero-order chi connectivity index (χ0) is 14.1. The van der Waals surface area contributed by atoms with E-state index in [0.29, 0.717) is 24.7 Å². The molecule has 3 heterocycles. The van der Waals surface area contributed by atoms with Crippen LogP contribution in [0.2, 0.25) is 0 Å². The van der Waals surface area contributed by atoms with Crippen molar-refractivity contribution in [2.45, 2.75) is 38.1 Å². The van der Waals surface area contributed by atoms with Gasteiger partial charge in [-0.3, -0.25) is 9.88 Å². The number of aromatic nitrogens is 2. The van der Waals surface area contributed by atoms with Crippen molar-refractivity contribution >= 4 is 11.3 Å². The number of thiazole rings is 1. The van der Waals surface area contributed by atoms with Gasteiger partial charge < -0.3 is 4.74 Å². The second kappa shape index (κ2) is 5.83. The van der Waals surface area contributed by atoms with Gasteiger partial charge in [-0.1, -0.05) is 6.07 Å². The monoisotopic (exact) mass is 301 g/mol. The molecule has 3 atom stereocenters. The average Bonchev–Trinajstić information content (AvgIpc) is 3.23. The number of rotatable bonds is 5. The van der Waals surface area contributed by atoms with E-state index in [2.05, 4.69) is 26.3 Å². The van der Waals surface area contributed by atoms with Crippen LogP contribution in [0.1, 0.15) is 23.4 Å².